The van der Waals surface area contributed by atoms with Gasteiger partial charge in [0.1, 0.15) is 0 Å². The van der Waals surface area contributed by atoms with E-state index in [1.807, 2.05) is 0 Å². The van der Waals surface area contributed by atoms with Gasteiger partial charge in [-0.2, -0.15) is 0 Å². The molecule has 1 saturated carbocycles. The maximum absolute atomic E-state index is 9.53. The molecule has 0 unspecified atom stereocenters. The summed E-state index contributed by atoms with van der Waals surface area (Å²) in [5, 5.41) is 18.9. The quantitative estimate of drug-likeness (QED) is 0.572. The summed E-state index contributed by atoms with van der Waals surface area (Å²) in [5.41, 5.74) is 0. The fourth-order valence-corrected chi connectivity index (χ4v) is 1.68. The van der Waals surface area contributed by atoms with Crippen molar-refractivity contribution in [3.05, 3.63) is 0 Å². The van der Waals surface area contributed by atoms with E-state index in [-0.39, 0.29) is 18.1 Å². The Morgan fingerprint density at radius 3 is 2.75 bits per heavy atom. The molecule has 0 heterocycles. The van der Waals surface area contributed by atoms with Gasteiger partial charge >= 0.3 is 0 Å². The smallest absolute Gasteiger partial charge is 0.0579 e. The molecule has 0 amide bonds. The van der Waals surface area contributed by atoms with Gasteiger partial charge in [0.2, 0.25) is 0 Å². The molecule has 0 saturated heterocycles. The van der Waals surface area contributed by atoms with Crippen LogP contribution in [0.15, 0.2) is 0 Å². The van der Waals surface area contributed by atoms with Crippen LogP contribution in [0.3, 0.4) is 0 Å². The molecule has 2 heteroatoms. The molecule has 1 fully saturated rings. The molecule has 3 atom stereocenters. The van der Waals surface area contributed by atoms with Crippen molar-refractivity contribution < 1.29 is 10.2 Å². The third kappa shape index (κ3) is 2.51. The predicted octanol–water partition coefficient (Wildman–Crippen LogP) is 0.922. The lowest BCUT2D eigenvalue weighted by atomic mass is 9.83. The Balaban J connectivity index is 2.41. The highest BCUT2D eigenvalue weighted by Gasteiger charge is 2.27. The highest BCUT2D eigenvalue weighted by molar-refractivity contribution is 4.98. The standard InChI is InChI=1S/C10H16O2/c1-2-3-4-8-7-9(11)5-6-10(8)12/h8-12H,4-7H2,1H3/t8-,9+,10-/m0/s1. The summed E-state index contributed by atoms with van der Waals surface area (Å²) in [6, 6.07) is 0. The zero-order valence-corrected chi connectivity index (χ0v) is 7.45. The van der Waals surface area contributed by atoms with Crippen LogP contribution in [0.2, 0.25) is 0 Å². The Hall–Kier alpha value is -0.520. The molecule has 0 bridgehead atoms. The van der Waals surface area contributed by atoms with Crippen LogP contribution in [0.5, 0.6) is 0 Å². The van der Waals surface area contributed by atoms with Gasteiger partial charge in [-0.3, -0.25) is 0 Å². The predicted molar refractivity (Wildman–Crippen MR) is 47.4 cm³/mol. The van der Waals surface area contributed by atoms with Crippen LogP contribution in [0.1, 0.15) is 32.6 Å². The van der Waals surface area contributed by atoms with E-state index in [0.29, 0.717) is 12.8 Å². The van der Waals surface area contributed by atoms with Crippen molar-refractivity contribution in [3.8, 4) is 11.8 Å². The van der Waals surface area contributed by atoms with E-state index in [4.69, 9.17) is 0 Å². The number of aliphatic hydroxyl groups is 2. The molecule has 0 aromatic carbocycles. The van der Waals surface area contributed by atoms with Gasteiger partial charge in [0.25, 0.3) is 0 Å². The van der Waals surface area contributed by atoms with Crippen LogP contribution in [0.4, 0.5) is 0 Å². The summed E-state index contributed by atoms with van der Waals surface area (Å²) < 4.78 is 0. The van der Waals surface area contributed by atoms with E-state index in [1.165, 1.54) is 0 Å². The van der Waals surface area contributed by atoms with Gasteiger partial charge in [0, 0.05) is 6.42 Å². The zero-order chi connectivity index (χ0) is 8.97. The number of rotatable bonds is 1. The van der Waals surface area contributed by atoms with Crippen LogP contribution >= 0.6 is 0 Å². The van der Waals surface area contributed by atoms with Crippen molar-refractivity contribution >= 4 is 0 Å². The summed E-state index contributed by atoms with van der Waals surface area (Å²) in [6.07, 6.45) is 2.39. The lowest BCUT2D eigenvalue weighted by Crippen LogP contribution is -2.31. The Kier molecular flexibility index (Phi) is 3.58. The van der Waals surface area contributed by atoms with Gasteiger partial charge in [0.15, 0.2) is 0 Å². The molecule has 2 N–H and O–H groups in total. The molecule has 1 rings (SSSR count). The summed E-state index contributed by atoms with van der Waals surface area (Å²) in [4.78, 5) is 0. The molecule has 0 aromatic heterocycles. The first-order valence-electron chi connectivity index (χ1n) is 4.49. The summed E-state index contributed by atoms with van der Waals surface area (Å²) in [6.45, 7) is 1.80. The third-order valence-corrected chi connectivity index (χ3v) is 2.46. The van der Waals surface area contributed by atoms with Crippen molar-refractivity contribution in [2.45, 2.75) is 44.8 Å². The molecule has 1 aliphatic rings. The number of hydrogen-bond donors (Lipinski definition) is 2. The first kappa shape index (κ1) is 9.57. The average molecular weight is 168 g/mol. The van der Waals surface area contributed by atoms with Gasteiger partial charge in [-0.1, -0.05) is 0 Å². The van der Waals surface area contributed by atoms with Crippen molar-refractivity contribution in [2.24, 2.45) is 5.92 Å². The number of hydrogen-bond acceptors (Lipinski definition) is 2. The van der Waals surface area contributed by atoms with Gasteiger partial charge in [0.05, 0.1) is 12.2 Å². The normalized spacial score (nSPS) is 35.4. The molecule has 68 valence electrons. The highest BCUT2D eigenvalue weighted by atomic mass is 16.3. The fraction of sp³-hybridized carbons (Fsp3) is 0.800. The topological polar surface area (TPSA) is 40.5 Å². The second-order valence-corrected chi connectivity index (χ2v) is 3.43. The Morgan fingerprint density at radius 2 is 2.08 bits per heavy atom. The first-order valence-corrected chi connectivity index (χ1v) is 4.49. The summed E-state index contributed by atoms with van der Waals surface area (Å²) in [7, 11) is 0. The maximum atomic E-state index is 9.53. The fourth-order valence-electron chi connectivity index (χ4n) is 1.68. The van der Waals surface area contributed by atoms with Crippen molar-refractivity contribution in [2.75, 3.05) is 0 Å². The van der Waals surface area contributed by atoms with E-state index >= 15 is 0 Å². The van der Waals surface area contributed by atoms with Crippen LogP contribution in [0, 0.1) is 17.8 Å². The van der Waals surface area contributed by atoms with E-state index in [2.05, 4.69) is 11.8 Å². The molecule has 1 aliphatic carbocycles. The largest absolute Gasteiger partial charge is 0.393 e. The lowest BCUT2D eigenvalue weighted by Gasteiger charge is -2.29. The third-order valence-electron chi connectivity index (χ3n) is 2.46. The molecule has 0 aliphatic heterocycles. The maximum Gasteiger partial charge on any atom is 0.0579 e. The second kappa shape index (κ2) is 4.49. The van der Waals surface area contributed by atoms with Gasteiger partial charge in [-0.15, -0.1) is 11.8 Å². The summed E-state index contributed by atoms with van der Waals surface area (Å²) in [5.74, 6) is 5.94. The molecule has 12 heavy (non-hydrogen) atoms. The minimum atomic E-state index is -0.255. The van der Waals surface area contributed by atoms with E-state index < -0.39 is 0 Å². The zero-order valence-electron chi connectivity index (χ0n) is 7.45. The summed E-state index contributed by atoms with van der Waals surface area (Å²) >= 11 is 0. The Labute approximate surface area is 73.6 Å². The number of aliphatic hydroxyl groups excluding tert-OH is 2. The highest BCUT2D eigenvalue weighted by Crippen LogP contribution is 2.26. The molecular formula is C10H16O2. The van der Waals surface area contributed by atoms with Crippen LogP contribution < -0.4 is 0 Å². The van der Waals surface area contributed by atoms with E-state index in [1.54, 1.807) is 6.92 Å². The molecule has 0 aromatic rings. The minimum Gasteiger partial charge on any atom is -0.393 e. The van der Waals surface area contributed by atoms with Crippen LogP contribution in [-0.4, -0.2) is 22.4 Å². The molecule has 0 spiro atoms. The van der Waals surface area contributed by atoms with Crippen molar-refractivity contribution in [3.63, 3.8) is 0 Å². The minimum absolute atomic E-state index is 0.182. The molecule has 2 nitrogen and oxygen atoms in total. The monoisotopic (exact) mass is 168 g/mol. The molecule has 0 radical (unpaired) electrons. The van der Waals surface area contributed by atoms with Gasteiger partial charge in [-0.05, 0) is 32.1 Å². The Bertz CT molecular complexity index is 190. The average Bonchev–Trinajstić information content (AvgIpc) is 2.07. The van der Waals surface area contributed by atoms with E-state index in [9.17, 15) is 10.2 Å². The lowest BCUT2D eigenvalue weighted by molar-refractivity contribution is 0.00901. The SMILES string of the molecule is CC#CC[C@H]1C[C@H](O)CC[C@@H]1O. The first-order chi connectivity index (χ1) is 5.74. The van der Waals surface area contributed by atoms with Crippen LogP contribution in [-0.2, 0) is 0 Å². The van der Waals surface area contributed by atoms with Gasteiger partial charge in [-0.25, -0.2) is 0 Å². The molecular weight excluding hydrogens is 152 g/mol. The van der Waals surface area contributed by atoms with Crippen molar-refractivity contribution in [1.82, 2.24) is 0 Å². The van der Waals surface area contributed by atoms with Gasteiger partial charge < -0.3 is 10.2 Å². The van der Waals surface area contributed by atoms with Crippen molar-refractivity contribution in [1.29, 1.82) is 0 Å². The Morgan fingerprint density at radius 1 is 1.33 bits per heavy atom. The van der Waals surface area contributed by atoms with Crippen LogP contribution in [0.25, 0.3) is 0 Å². The van der Waals surface area contributed by atoms with E-state index in [0.717, 1.165) is 12.8 Å². The second-order valence-electron chi connectivity index (χ2n) is 3.43.